The molecule has 1 amide bonds. The highest BCUT2D eigenvalue weighted by molar-refractivity contribution is 5.92. The fourth-order valence-corrected chi connectivity index (χ4v) is 1.38. The number of nitrogens with one attached hydrogen (secondary N) is 1. The Morgan fingerprint density at radius 3 is 2.80 bits per heavy atom. The van der Waals surface area contributed by atoms with E-state index in [9.17, 15) is 14.0 Å². The van der Waals surface area contributed by atoms with Crippen molar-refractivity contribution in [2.75, 3.05) is 32.6 Å². The van der Waals surface area contributed by atoms with Crippen molar-refractivity contribution in [3.8, 4) is 0 Å². The number of amides is 1. The Bertz CT molecular complexity index is 479. The van der Waals surface area contributed by atoms with E-state index in [4.69, 9.17) is 15.2 Å². The van der Waals surface area contributed by atoms with E-state index in [1.165, 1.54) is 6.07 Å². The van der Waals surface area contributed by atoms with Crippen LogP contribution in [0, 0.1) is 5.82 Å². The highest BCUT2D eigenvalue weighted by atomic mass is 19.1. The van der Waals surface area contributed by atoms with Crippen molar-refractivity contribution in [1.82, 2.24) is 5.32 Å². The Morgan fingerprint density at radius 1 is 1.40 bits per heavy atom. The Kier molecular flexibility index (Phi) is 6.45. The molecule has 0 aliphatic heterocycles. The summed E-state index contributed by atoms with van der Waals surface area (Å²) in [5.74, 6) is -1.76. The number of carbonyl (C=O) groups is 2. The second-order valence-corrected chi connectivity index (χ2v) is 4.01. The second-order valence-electron chi connectivity index (χ2n) is 4.01. The van der Waals surface area contributed by atoms with Gasteiger partial charge in [0.25, 0.3) is 5.91 Å². The normalized spacial score (nSPS) is 10.1. The molecular formula is C13H17FN2O4. The van der Waals surface area contributed by atoms with Crippen LogP contribution in [0.4, 0.5) is 10.1 Å². The van der Waals surface area contributed by atoms with Gasteiger partial charge in [-0.05, 0) is 24.6 Å². The number of carbonyl (C=O) groups excluding carboxylic acids is 2. The number of hydrogen-bond donors (Lipinski definition) is 2. The Labute approximate surface area is 116 Å². The highest BCUT2D eigenvalue weighted by Gasteiger charge is 2.11. The van der Waals surface area contributed by atoms with Crippen LogP contribution in [0.5, 0.6) is 0 Å². The van der Waals surface area contributed by atoms with Crippen molar-refractivity contribution in [2.45, 2.75) is 6.42 Å². The predicted octanol–water partition coefficient (Wildman–Crippen LogP) is 0.717. The number of rotatable bonds is 7. The summed E-state index contributed by atoms with van der Waals surface area (Å²) in [5.41, 5.74) is 5.28. The SMILES string of the molecule is COCCCNC(=O)COC(=O)c1ccc(F)c(N)c1. The third-order valence-corrected chi connectivity index (χ3v) is 2.41. The molecule has 110 valence electrons. The van der Waals surface area contributed by atoms with E-state index in [1.807, 2.05) is 0 Å². The first-order valence-corrected chi connectivity index (χ1v) is 6.02. The van der Waals surface area contributed by atoms with E-state index in [1.54, 1.807) is 7.11 Å². The van der Waals surface area contributed by atoms with Gasteiger partial charge in [-0.2, -0.15) is 0 Å². The van der Waals surface area contributed by atoms with Crippen molar-refractivity contribution in [3.63, 3.8) is 0 Å². The minimum atomic E-state index is -0.733. The summed E-state index contributed by atoms with van der Waals surface area (Å²) in [6, 6.07) is 3.47. The summed E-state index contributed by atoms with van der Waals surface area (Å²) < 4.78 is 22.5. The van der Waals surface area contributed by atoms with Crippen molar-refractivity contribution in [1.29, 1.82) is 0 Å². The van der Waals surface area contributed by atoms with Gasteiger partial charge in [-0.15, -0.1) is 0 Å². The largest absolute Gasteiger partial charge is 0.452 e. The minimum Gasteiger partial charge on any atom is -0.452 e. The van der Waals surface area contributed by atoms with Gasteiger partial charge in [0.15, 0.2) is 6.61 Å². The summed E-state index contributed by atoms with van der Waals surface area (Å²) in [6.45, 7) is 0.575. The highest BCUT2D eigenvalue weighted by Crippen LogP contribution is 2.12. The molecule has 1 aromatic rings. The molecule has 0 bridgehead atoms. The first-order chi connectivity index (χ1) is 9.54. The average Bonchev–Trinajstić information content (AvgIpc) is 2.44. The van der Waals surface area contributed by atoms with E-state index >= 15 is 0 Å². The molecule has 0 atom stereocenters. The van der Waals surface area contributed by atoms with E-state index in [0.717, 1.165) is 12.1 Å². The molecule has 0 aliphatic carbocycles. The number of benzene rings is 1. The zero-order valence-electron chi connectivity index (χ0n) is 11.1. The number of nitrogen functional groups attached to an aromatic ring is 1. The zero-order valence-corrected chi connectivity index (χ0v) is 11.1. The van der Waals surface area contributed by atoms with E-state index in [0.29, 0.717) is 19.6 Å². The predicted molar refractivity (Wildman–Crippen MR) is 70.6 cm³/mol. The number of ether oxygens (including phenoxy) is 2. The molecule has 7 heteroatoms. The molecule has 0 fully saturated rings. The van der Waals surface area contributed by atoms with Crippen molar-refractivity contribution < 1.29 is 23.5 Å². The van der Waals surface area contributed by atoms with Gasteiger partial charge in [0.05, 0.1) is 11.3 Å². The number of hydrogen-bond acceptors (Lipinski definition) is 5. The standard InChI is InChI=1S/C13H17FN2O4/c1-19-6-2-5-16-12(17)8-20-13(18)9-3-4-10(14)11(15)7-9/h3-4,7H,2,5-6,8,15H2,1H3,(H,16,17). The molecule has 0 saturated carbocycles. The molecule has 1 aromatic carbocycles. The number of nitrogens with two attached hydrogens (primary N) is 1. The molecular weight excluding hydrogens is 267 g/mol. The maximum absolute atomic E-state index is 12.9. The zero-order chi connectivity index (χ0) is 15.0. The monoisotopic (exact) mass is 284 g/mol. The van der Waals surface area contributed by atoms with Crippen molar-refractivity contribution in [2.24, 2.45) is 0 Å². The molecule has 6 nitrogen and oxygen atoms in total. The maximum Gasteiger partial charge on any atom is 0.338 e. The summed E-state index contributed by atoms with van der Waals surface area (Å²) >= 11 is 0. The first-order valence-electron chi connectivity index (χ1n) is 6.02. The number of halogens is 1. The molecule has 0 radical (unpaired) electrons. The van der Waals surface area contributed by atoms with Crippen LogP contribution in [0.25, 0.3) is 0 Å². The topological polar surface area (TPSA) is 90.6 Å². The Balaban J connectivity index is 2.35. The smallest absolute Gasteiger partial charge is 0.338 e. The van der Waals surface area contributed by atoms with E-state index in [-0.39, 0.29) is 11.3 Å². The Morgan fingerprint density at radius 2 is 2.15 bits per heavy atom. The van der Waals surface area contributed by atoms with Crippen LogP contribution in [0.2, 0.25) is 0 Å². The van der Waals surface area contributed by atoms with Gasteiger partial charge in [-0.3, -0.25) is 4.79 Å². The van der Waals surface area contributed by atoms with Crippen LogP contribution in [0.1, 0.15) is 16.8 Å². The molecule has 1 rings (SSSR count). The lowest BCUT2D eigenvalue weighted by atomic mass is 10.2. The minimum absolute atomic E-state index is 0.0936. The summed E-state index contributed by atoms with van der Waals surface area (Å²) in [5, 5.41) is 2.56. The van der Waals surface area contributed by atoms with Crippen LogP contribution in [-0.2, 0) is 14.3 Å². The number of methoxy groups -OCH3 is 1. The molecule has 0 saturated heterocycles. The number of anilines is 1. The number of esters is 1. The summed E-state index contributed by atoms with van der Waals surface area (Å²) in [7, 11) is 1.57. The van der Waals surface area contributed by atoms with Crippen LogP contribution in [0.3, 0.4) is 0 Å². The van der Waals surface area contributed by atoms with Gasteiger partial charge >= 0.3 is 5.97 Å². The fourth-order valence-electron chi connectivity index (χ4n) is 1.38. The maximum atomic E-state index is 12.9. The molecule has 0 aromatic heterocycles. The van der Waals surface area contributed by atoms with Gasteiger partial charge in [-0.1, -0.05) is 0 Å². The quantitative estimate of drug-likeness (QED) is 0.437. The first kappa shape index (κ1) is 15.9. The molecule has 20 heavy (non-hydrogen) atoms. The average molecular weight is 284 g/mol. The lowest BCUT2D eigenvalue weighted by molar-refractivity contribution is -0.124. The molecule has 0 heterocycles. The Hall–Kier alpha value is -2.15. The fraction of sp³-hybridized carbons (Fsp3) is 0.385. The molecule has 0 unspecified atom stereocenters. The van der Waals surface area contributed by atoms with Crippen LogP contribution in [0.15, 0.2) is 18.2 Å². The lowest BCUT2D eigenvalue weighted by Gasteiger charge is -2.07. The van der Waals surface area contributed by atoms with Crippen molar-refractivity contribution >= 4 is 17.6 Å². The third kappa shape index (κ3) is 5.23. The van der Waals surface area contributed by atoms with Gasteiger partial charge < -0.3 is 20.5 Å². The lowest BCUT2D eigenvalue weighted by Crippen LogP contribution is -2.30. The van der Waals surface area contributed by atoms with Gasteiger partial charge in [-0.25, -0.2) is 9.18 Å². The summed E-state index contributed by atoms with van der Waals surface area (Å²) in [4.78, 5) is 22.9. The van der Waals surface area contributed by atoms with Crippen LogP contribution in [-0.4, -0.2) is 38.7 Å². The summed E-state index contributed by atoms with van der Waals surface area (Å²) in [6.07, 6.45) is 0.671. The molecule has 3 N–H and O–H groups in total. The van der Waals surface area contributed by atoms with Gasteiger partial charge in [0, 0.05) is 20.3 Å². The van der Waals surface area contributed by atoms with E-state index < -0.39 is 24.3 Å². The molecule has 0 spiro atoms. The van der Waals surface area contributed by atoms with Gasteiger partial charge in [0.1, 0.15) is 5.82 Å². The van der Waals surface area contributed by atoms with Crippen LogP contribution >= 0.6 is 0 Å². The van der Waals surface area contributed by atoms with Crippen molar-refractivity contribution in [3.05, 3.63) is 29.6 Å². The third-order valence-electron chi connectivity index (χ3n) is 2.41. The van der Waals surface area contributed by atoms with E-state index in [2.05, 4.69) is 5.32 Å². The van der Waals surface area contributed by atoms with Gasteiger partial charge in [0.2, 0.25) is 0 Å². The van der Waals surface area contributed by atoms with Crippen LogP contribution < -0.4 is 11.1 Å². The second kappa shape index (κ2) is 8.11. The molecule has 0 aliphatic rings.